The van der Waals surface area contributed by atoms with Crippen molar-refractivity contribution in [2.75, 3.05) is 13.7 Å². The number of methoxy groups -OCH3 is 1. The van der Waals surface area contributed by atoms with Gasteiger partial charge in [0.25, 0.3) is 5.69 Å². The summed E-state index contributed by atoms with van der Waals surface area (Å²) >= 11 is 7.70. The Labute approximate surface area is 223 Å². The molecule has 35 heavy (non-hydrogen) atoms. The second-order valence-corrected chi connectivity index (χ2v) is 9.51. The van der Waals surface area contributed by atoms with Gasteiger partial charge in [0.1, 0.15) is 37.3 Å². The molecule has 7 nitrogen and oxygen atoms in total. The Morgan fingerprint density at radius 2 is 1.91 bits per heavy atom. The average Bonchev–Trinajstić information content (AvgIpc) is 3.47. The Morgan fingerprint density at radius 1 is 1.14 bits per heavy atom. The van der Waals surface area contributed by atoms with Crippen molar-refractivity contribution in [3.63, 3.8) is 0 Å². The highest BCUT2D eigenvalue weighted by Crippen LogP contribution is 2.29. The van der Waals surface area contributed by atoms with E-state index in [-0.39, 0.29) is 33.7 Å². The van der Waals surface area contributed by atoms with E-state index in [0.29, 0.717) is 25.3 Å². The second kappa shape index (κ2) is 12.8. The van der Waals surface area contributed by atoms with Gasteiger partial charge in [-0.15, -0.1) is 11.3 Å². The highest BCUT2D eigenvalue weighted by atomic mass is 79.9. The summed E-state index contributed by atoms with van der Waals surface area (Å²) in [5.74, 6) is 0.831. The van der Waals surface area contributed by atoms with E-state index in [1.165, 1.54) is 23.0 Å². The van der Waals surface area contributed by atoms with Gasteiger partial charge < -0.3 is 26.5 Å². The minimum Gasteiger partial charge on any atom is -1.00 e. The number of hydrogen-bond donors (Lipinski definition) is 0. The Hall–Kier alpha value is -2.72. The summed E-state index contributed by atoms with van der Waals surface area (Å²) < 4.78 is 16.2. The molecule has 2 aromatic carbocycles. The molecule has 0 radical (unpaired) electrons. The van der Waals surface area contributed by atoms with Gasteiger partial charge in [-0.05, 0) is 42.3 Å². The van der Waals surface area contributed by atoms with Crippen LogP contribution in [0.5, 0.6) is 5.75 Å². The number of hydrogen-bond acceptors (Lipinski definition) is 5. The van der Waals surface area contributed by atoms with E-state index < -0.39 is 0 Å². The number of ether oxygens (including phenoxy) is 2. The monoisotopic (exact) mass is 577 g/mol. The maximum Gasteiger partial charge on any atom is 0.276 e. The number of benzene rings is 2. The maximum atomic E-state index is 11.3. The van der Waals surface area contributed by atoms with E-state index in [2.05, 4.69) is 0 Å². The van der Waals surface area contributed by atoms with Crippen molar-refractivity contribution in [3.05, 3.63) is 110 Å². The lowest BCUT2D eigenvalue weighted by Gasteiger charge is -2.15. The molecule has 4 aromatic rings. The van der Waals surface area contributed by atoms with Gasteiger partial charge in [0.15, 0.2) is 0 Å². The first-order valence-electron chi connectivity index (χ1n) is 10.8. The first-order chi connectivity index (χ1) is 16.5. The Morgan fingerprint density at radius 3 is 2.60 bits per heavy atom. The zero-order valence-electron chi connectivity index (χ0n) is 19.1. The van der Waals surface area contributed by atoms with Crippen molar-refractivity contribution in [2.45, 2.75) is 25.6 Å². The zero-order chi connectivity index (χ0) is 23.9. The Balaban J connectivity index is 0.00000342. The van der Waals surface area contributed by atoms with Crippen LogP contribution in [-0.4, -0.2) is 23.2 Å². The lowest BCUT2D eigenvalue weighted by Crippen LogP contribution is -3.00. The molecule has 1 unspecified atom stereocenters. The molecule has 4 rings (SSSR count). The number of nitro groups is 1. The lowest BCUT2D eigenvalue weighted by atomic mass is 10.1. The van der Waals surface area contributed by atoms with Gasteiger partial charge in [0, 0.05) is 10.9 Å². The second-order valence-electron chi connectivity index (χ2n) is 7.77. The fourth-order valence-electron chi connectivity index (χ4n) is 3.69. The molecule has 2 aromatic heterocycles. The average molecular weight is 579 g/mol. The third-order valence-corrected chi connectivity index (χ3v) is 6.77. The number of imidazole rings is 1. The molecule has 0 bridgehead atoms. The molecule has 0 fully saturated rings. The van der Waals surface area contributed by atoms with E-state index in [4.69, 9.17) is 21.1 Å². The molecular formula is C25H25BrClN3O4S. The number of aromatic nitrogens is 2. The van der Waals surface area contributed by atoms with E-state index >= 15 is 0 Å². The Bertz CT molecular complexity index is 1250. The predicted octanol–water partition coefficient (Wildman–Crippen LogP) is 2.46. The van der Waals surface area contributed by atoms with Crippen molar-refractivity contribution < 1.29 is 35.9 Å². The zero-order valence-corrected chi connectivity index (χ0v) is 22.2. The molecule has 184 valence electrons. The number of para-hydroxylation sites is 1. The van der Waals surface area contributed by atoms with Crippen molar-refractivity contribution in [1.29, 1.82) is 0 Å². The van der Waals surface area contributed by atoms with Crippen LogP contribution in [0.4, 0.5) is 5.69 Å². The molecule has 10 heteroatoms. The summed E-state index contributed by atoms with van der Waals surface area (Å²) in [6, 6.07) is 18.6. The van der Waals surface area contributed by atoms with Crippen LogP contribution >= 0.6 is 22.9 Å². The number of nitrogens with zero attached hydrogens (tertiary/aromatic N) is 3. The van der Waals surface area contributed by atoms with Gasteiger partial charge in [-0.3, -0.25) is 10.1 Å². The SMILES string of the molecule is COc1ccc(CCOC(C[n+]2ccn(Cc3ccccc3[N+](=O)[O-])c2)c2ccc(Cl)s2)cc1.[Br-]. The molecular weight excluding hydrogens is 554 g/mol. The van der Waals surface area contributed by atoms with E-state index in [1.807, 2.05) is 70.3 Å². The van der Waals surface area contributed by atoms with Crippen molar-refractivity contribution in [3.8, 4) is 5.75 Å². The normalized spacial score (nSPS) is 11.6. The van der Waals surface area contributed by atoms with Crippen LogP contribution in [0.25, 0.3) is 0 Å². The van der Waals surface area contributed by atoms with Crippen LogP contribution in [0.3, 0.4) is 0 Å². The third-order valence-electron chi connectivity index (χ3n) is 5.44. The van der Waals surface area contributed by atoms with Gasteiger partial charge >= 0.3 is 0 Å². The van der Waals surface area contributed by atoms with Gasteiger partial charge in [0.05, 0.1) is 28.5 Å². The highest BCUT2D eigenvalue weighted by molar-refractivity contribution is 7.16. The third kappa shape index (κ3) is 7.38. The molecule has 0 N–H and O–H groups in total. The molecule has 0 aliphatic carbocycles. The molecule has 0 amide bonds. The maximum absolute atomic E-state index is 11.3. The molecule has 0 aliphatic heterocycles. The largest absolute Gasteiger partial charge is 1.00 e. The first kappa shape index (κ1) is 26.9. The molecule has 0 saturated carbocycles. The fraction of sp³-hybridized carbons (Fsp3) is 0.240. The minimum absolute atomic E-state index is 0. The quantitative estimate of drug-likeness (QED) is 0.156. The van der Waals surface area contributed by atoms with Gasteiger partial charge in [-0.2, -0.15) is 0 Å². The number of rotatable bonds is 11. The number of halogens is 2. The Kier molecular flexibility index (Phi) is 9.85. The first-order valence-corrected chi connectivity index (χ1v) is 12.0. The van der Waals surface area contributed by atoms with E-state index in [1.54, 1.807) is 19.2 Å². The van der Waals surface area contributed by atoms with E-state index in [0.717, 1.165) is 21.4 Å². The van der Waals surface area contributed by atoms with Crippen LogP contribution in [-0.2, 0) is 24.2 Å². The van der Waals surface area contributed by atoms with Gasteiger partial charge in [0.2, 0.25) is 6.33 Å². The van der Waals surface area contributed by atoms with Gasteiger partial charge in [-0.1, -0.05) is 35.9 Å². The summed E-state index contributed by atoms with van der Waals surface area (Å²) in [5.41, 5.74) is 1.95. The van der Waals surface area contributed by atoms with Crippen LogP contribution < -0.4 is 26.3 Å². The smallest absolute Gasteiger partial charge is 0.276 e. The molecule has 0 aliphatic rings. The minimum atomic E-state index is -0.347. The van der Waals surface area contributed by atoms with Crippen LogP contribution in [0.15, 0.2) is 79.4 Å². The highest BCUT2D eigenvalue weighted by Gasteiger charge is 2.20. The summed E-state index contributed by atoms with van der Waals surface area (Å²) in [6.07, 6.45) is 6.41. The molecule has 2 heterocycles. The summed E-state index contributed by atoms with van der Waals surface area (Å²) in [5, 5.41) is 11.3. The summed E-state index contributed by atoms with van der Waals surface area (Å²) in [6.45, 7) is 1.57. The molecule has 0 saturated heterocycles. The number of thiophene rings is 1. The van der Waals surface area contributed by atoms with Crippen LogP contribution in [0.1, 0.15) is 22.1 Å². The summed E-state index contributed by atoms with van der Waals surface area (Å²) in [4.78, 5) is 12.0. The molecule has 0 spiro atoms. The van der Waals surface area contributed by atoms with Gasteiger partial charge in [-0.25, -0.2) is 9.13 Å². The van der Waals surface area contributed by atoms with Crippen molar-refractivity contribution in [2.24, 2.45) is 0 Å². The fourth-order valence-corrected chi connectivity index (χ4v) is 4.79. The van der Waals surface area contributed by atoms with Crippen molar-refractivity contribution >= 4 is 28.6 Å². The van der Waals surface area contributed by atoms with E-state index in [9.17, 15) is 10.1 Å². The standard InChI is InChI=1S/C25H25ClN3O4S.BrH/c1-32-21-8-6-19(7-9-21)12-15-33-23(24-10-11-25(26)34-24)17-28-14-13-27(18-28)16-20-4-2-3-5-22(20)29(30)31;/h2-11,13-14,18,23H,12,15-17H2,1H3;1H/q+1;/p-1. The topological polar surface area (TPSA) is 70.4 Å². The summed E-state index contributed by atoms with van der Waals surface area (Å²) in [7, 11) is 1.65. The predicted molar refractivity (Wildman–Crippen MR) is 132 cm³/mol. The van der Waals surface area contributed by atoms with Crippen LogP contribution in [0, 0.1) is 10.1 Å². The molecule has 1 atom stereocenters. The lowest BCUT2D eigenvalue weighted by molar-refractivity contribution is -0.704. The number of nitro benzene ring substituents is 1. The van der Waals surface area contributed by atoms with Crippen LogP contribution in [0.2, 0.25) is 4.34 Å². The van der Waals surface area contributed by atoms with Crippen molar-refractivity contribution in [1.82, 2.24) is 4.57 Å².